The number of halogens is 1. The number of likely N-dealkylation sites (N-methyl/N-ethyl adjacent to an activating group) is 1. The summed E-state index contributed by atoms with van der Waals surface area (Å²) in [4.78, 5) is 13.0. The third kappa shape index (κ3) is 2.59. The molecule has 1 aliphatic rings. The van der Waals surface area contributed by atoms with Gasteiger partial charge in [-0.2, -0.15) is 5.26 Å². The van der Waals surface area contributed by atoms with Gasteiger partial charge in [0.15, 0.2) is 0 Å². The van der Waals surface area contributed by atoms with Crippen molar-refractivity contribution in [2.24, 2.45) is 0 Å². The first-order valence-electron chi connectivity index (χ1n) is 5.80. The number of benzene rings is 1. The van der Waals surface area contributed by atoms with E-state index in [4.69, 9.17) is 5.26 Å². The number of piperidine rings is 1. The molecule has 1 unspecified atom stereocenters. The van der Waals surface area contributed by atoms with Gasteiger partial charge in [0.1, 0.15) is 11.9 Å². The number of hydrogen-bond donors (Lipinski definition) is 1. The first-order valence-corrected chi connectivity index (χ1v) is 5.80. The van der Waals surface area contributed by atoms with Gasteiger partial charge in [-0.25, -0.2) is 4.39 Å². The SMILES string of the molecule is CN1CC(Nc2ccc(F)cc2C#N)CCC1=O. The Bertz CT molecular complexity index is 509. The van der Waals surface area contributed by atoms with Crippen LogP contribution in [0.1, 0.15) is 18.4 Å². The van der Waals surface area contributed by atoms with Crippen molar-refractivity contribution < 1.29 is 9.18 Å². The highest BCUT2D eigenvalue weighted by atomic mass is 19.1. The minimum atomic E-state index is -0.423. The predicted molar refractivity (Wildman–Crippen MR) is 65.4 cm³/mol. The van der Waals surface area contributed by atoms with E-state index in [0.717, 1.165) is 6.42 Å². The van der Waals surface area contributed by atoms with E-state index in [2.05, 4.69) is 5.32 Å². The lowest BCUT2D eigenvalue weighted by Gasteiger charge is -2.31. The zero-order valence-electron chi connectivity index (χ0n) is 10.1. The van der Waals surface area contributed by atoms with Crippen LogP contribution in [0.4, 0.5) is 10.1 Å². The lowest BCUT2D eigenvalue weighted by molar-refractivity contribution is -0.132. The van der Waals surface area contributed by atoms with Crippen LogP contribution in [-0.2, 0) is 4.79 Å². The van der Waals surface area contributed by atoms with Gasteiger partial charge in [0, 0.05) is 26.1 Å². The maximum atomic E-state index is 13.0. The zero-order valence-corrected chi connectivity index (χ0v) is 10.1. The summed E-state index contributed by atoms with van der Waals surface area (Å²) in [6, 6.07) is 6.15. The van der Waals surface area contributed by atoms with Gasteiger partial charge in [-0.15, -0.1) is 0 Å². The largest absolute Gasteiger partial charge is 0.379 e. The highest BCUT2D eigenvalue weighted by Crippen LogP contribution is 2.20. The number of likely N-dealkylation sites (tertiary alicyclic amines) is 1. The minimum absolute atomic E-state index is 0.102. The Morgan fingerprint density at radius 3 is 3.00 bits per heavy atom. The molecule has 0 spiro atoms. The zero-order chi connectivity index (χ0) is 13.1. The summed E-state index contributed by atoms with van der Waals surface area (Å²) in [6.45, 7) is 0.598. The lowest BCUT2D eigenvalue weighted by atomic mass is 10.0. The first kappa shape index (κ1) is 12.4. The molecule has 1 N–H and O–H groups in total. The monoisotopic (exact) mass is 247 g/mol. The summed E-state index contributed by atoms with van der Waals surface area (Å²) < 4.78 is 13.0. The number of nitrogens with zero attached hydrogens (tertiary/aromatic N) is 2. The van der Waals surface area contributed by atoms with Crippen LogP contribution in [0.15, 0.2) is 18.2 Å². The molecule has 0 saturated carbocycles. The topological polar surface area (TPSA) is 56.1 Å². The van der Waals surface area contributed by atoms with Crippen molar-refractivity contribution in [3.63, 3.8) is 0 Å². The highest BCUT2D eigenvalue weighted by molar-refractivity contribution is 5.77. The second-order valence-corrected chi connectivity index (χ2v) is 4.46. The predicted octanol–water partition coefficient (Wildman–Crippen LogP) is 1.73. The quantitative estimate of drug-likeness (QED) is 0.865. The molecule has 0 radical (unpaired) electrons. The van der Waals surface area contributed by atoms with E-state index in [0.29, 0.717) is 18.7 Å². The van der Waals surface area contributed by atoms with Crippen molar-refractivity contribution in [2.45, 2.75) is 18.9 Å². The van der Waals surface area contributed by atoms with Crippen molar-refractivity contribution in [1.29, 1.82) is 5.26 Å². The summed E-state index contributed by atoms with van der Waals surface area (Å²) in [5, 5.41) is 12.1. The molecule has 18 heavy (non-hydrogen) atoms. The number of amides is 1. The number of carbonyl (C=O) groups is 1. The third-order valence-corrected chi connectivity index (χ3v) is 3.09. The van der Waals surface area contributed by atoms with Gasteiger partial charge < -0.3 is 10.2 Å². The van der Waals surface area contributed by atoms with E-state index in [9.17, 15) is 9.18 Å². The van der Waals surface area contributed by atoms with E-state index >= 15 is 0 Å². The molecule has 0 aromatic heterocycles. The van der Waals surface area contributed by atoms with Gasteiger partial charge in [0.25, 0.3) is 0 Å². The van der Waals surface area contributed by atoms with E-state index in [1.807, 2.05) is 6.07 Å². The molecule has 2 rings (SSSR count). The smallest absolute Gasteiger partial charge is 0.222 e. The number of rotatable bonds is 2. The third-order valence-electron chi connectivity index (χ3n) is 3.09. The van der Waals surface area contributed by atoms with Crippen molar-refractivity contribution in [3.05, 3.63) is 29.6 Å². The van der Waals surface area contributed by atoms with Crippen molar-refractivity contribution in [2.75, 3.05) is 18.9 Å². The Kier molecular flexibility index (Phi) is 3.47. The second-order valence-electron chi connectivity index (χ2n) is 4.46. The molecule has 1 amide bonds. The van der Waals surface area contributed by atoms with Crippen LogP contribution in [0, 0.1) is 17.1 Å². The van der Waals surface area contributed by atoms with Gasteiger partial charge in [-0.3, -0.25) is 4.79 Å². The second kappa shape index (κ2) is 5.05. The summed E-state index contributed by atoms with van der Waals surface area (Å²) in [5.41, 5.74) is 0.904. The number of nitriles is 1. The normalized spacial score (nSPS) is 19.5. The van der Waals surface area contributed by atoms with Gasteiger partial charge in [-0.1, -0.05) is 0 Å². The van der Waals surface area contributed by atoms with E-state index in [1.165, 1.54) is 12.1 Å². The maximum absolute atomic E-state index is 13.0. The highest BCUT2D eigenvalue weighted by Gasteiger charge is 2.23. The molecular weight excluding hydrogens is 233 g/mol. The maximum Gasteiger partial charge on any atom is 0.222 e. The van der Waals surface area contributed by atoms with Gasteiger partial charge in [0.05, 0.1) is 11.3 Å². The number of nitrogens with one attached hydrogen (secondary N) is 1. The fourth-order valence-electron chi connectivity index (χ4n) is 2.08. The molecule has 0 bridgehead atoms. The molecule has 1 aromatic carbocycles. The molecule has 5 heteroatoms. The molecule has 94 valence electrons. The van der Waals surface area contributed by atoms with Crippen molar-refractivity contribution in [3.8, 4) is 6.07 Å². The summed E-state index contributed by atoms with van der Waals surface area (Å²) >= 11 is 0. The molecule has 1 atom stereocenters. The van der Waals surface area contributed by atoms with Crippen LogP contribution in [0.2, 0.25) is 0 Å². The van der Waals surface area contributed by atoms with E-state index < -0.39 is 5.82 Å². The fourth-order valence-corrected chi connectivity index (χ4v) is 2.08. The first-order chi connectivity index (χ1) is 8.60. The Morgan fingerprint density at radius 1 is 1.56 bits per heavy atom. The lowest BCUT2D eigenvalue weighted by Crippen LogP contribution is -2.43. The van der Waals surface area contributed by atoms with Crippen LogP contribution in [-0.4, -0.2) is 30.4 Å². The van der Waals surface area contributed by atoms with Gasteiger partial charge in [0.2, 0.25) is 5.91 Å². The molecule has 0 aliphatic carbocycles. The van der Waals surface area contributed by atoms with Crippen molar-refractivity contribution >= 4 is 11.6 Å². The number of carbonyl (C=O) groups excluding carboxylic acids is 1. The average Bonchev–Trinajstić information content (AvgIpc) is 2.36. The van der Waals surface area contributed by atoms with E-state index in [-0.39, 0.29) is 17.5 Å². The summed E-state index contributed by atoms with van der Waals surface area (Å²) in [5.74, 6) is -0.291. The Hall–Kier alpha value is -2.09. The molecule has 1 saturated heterocycles. The van der Waals surface area contributed by atoms with Crippen LogP contribution in [0.5, 0.6) is 0 Å². The Morgan fingerprint density at radius 2 is 2.33 bits per heavy atom. The number of hydrogen-bond acceptors (Lipinski definition) is 3. The summed E-state index contributed by atoms with van der Waals surface area (Å²) in [6.07, 6.45) is 1.22. The van der Waals surface area contributed by atoms with Crippen LogP contribution in [0.3, 0.4) is 0 Å². The Balaban J connectivity index is 2.10. The fraction of sp³-hybridized carbons (Fsp3) is 0.385. The van der Waals surface area contributed by atoms with Gasteiger partial charge in [-0.05, 0) is 24.6 Å². The van der Waals surface area contributed by atoms with E-state index in [1.54, 1.807) is 18.0 Å². The minimum Gasteiger partial charge on any atom is -0.379 e. The van der Waals surface area contributed by atoms with Crippen molar-refractivity contribution in [1.82, 2.24) is 4.90 Å². The molecular formula is C13H14FN3O. The molecule has 4 nitrogen and oxygen atoms in total. The number of anilines is 1. The van der Waals surface area contributed by atoms with Crippen LogP contribution < -0.4 is 5.32 Å². The van der Waals surface area contributed by atoms with Crippen LogP contribution >= 0.6 is 0 Å². The standard InChI is InChI=1S/C13H14FN3O/c1-17-8-11(3-5-13(17)18)16-12-4-2-10(14)6-9(12)7-15/h2,4,6,11,16H,3,5,8H2,1H3. The van der Waals surface area contributed by atoms with Crippen LogP contribution in [0.25, 0.3) is 0 Å². The molecule has 1 heterocycles. The molecule has 1 aliphatic heterocycles. The molecule has 1 fully saturated rings. The Labute approximate surface area is 105 Å². The molecule has 1 aromatic rings. The summed E-state index contributed by atoms with van der Waals surface area (Å²) in [7, 11) is 1.76. The average molecular weight is 247 g/mol. The van der Waals surface area contributed by atoms with Gasteiger partial charge >= 0.3 is 0 Å².